The molecule has 0 aromatic carbocycles. The van der Waals surface area contributed by atoms with Gasteiger partial charge in [-0.1, -0.05) is 6.42 Å². The molecule has 0 bridgehead atoms. The van der Waals surface area contributed by atoms with Crippen molar-refractivity contribution in [2.75, 3.05) is 13.1 Å². The quantitative estimate of drug-likeness (QED) is 0.616. The van der Waals surface area contributed by atoms with Crippen LogP contribution < -0.4 is 11.1 Å². The first-order valence-electron chi connectivity index (χ1n) is 4.89. The summed E-state index contributed by atoms with van der Waals surface area (Å²) in [6.45, 7) is 1.33. The van der Waals surface area contributed by atoms with E-state index in [4.69, 9.17) is 10.8 Å². The van der Waals surface area contributed by atoms with E-state index in [9.17, 15) is 4.79 Å². The van der Waals surface area contributed by atoms with E-state index in [1.807, 2.05) is 0 Å². The predicted molar refractivity (Wildman–Crippen MR) is 50.5 cm³/mol. The van der Waals surface area contributed by atoms with Crippen molar-refractivity contribution in [1.29, 1.82) is 0 Å². The van der Waals surface area contributed by atoms with Crippen molar-refractivity contribution in [2.24, 2.45) is 17.6 Å². The zero-order valence-corrected chi connectivity index (χ0v) is 7.83. The van der Waals surface area contributed by atoms with E-state index in [1.54, 1.807) is 0 Å². The molecule has 0 saturated heterocycles. The van der Waals surface area contributed by atoms with Gasteiger partial charge in [0.25, 0.3) is 0 Å². The van der Waals surface area contributed by atoms with Crippen LogP contribution in [0.1, 0.15) is 25.7 Å². The summed E-state index contributed by atoms with van der Waals surface area (Å²) in [5, 5.41) is 10.9. The lowest BCUT2D eigenvalue weighted by Gasteiger charge is -2.27. The molecule has 4 heteroatoms. The molecular weight excluding hydrogens is 168 g/mol. The van der Waals surface area contributed by atoms with Crippen LogP contribution >= 0.6 is 0 Å². The zero-order valence-electron chi connectivity index (χ0n) is 7.83. The van der Waals surface area contributed by atoms with Crippen LogP contribution in [0.25, 0.3) is 0 Å². The van der Waals surface area contributed by atoms with E-state index in [0.29, 0.717) is 18.4 Å². The molecule has 1 fully saturated rings. The molecule has 0 aromatic rings. The third-order valence-electron chi connectivity index (χ3n) is 2.77. The molecule has 1 aliphatic carbocycles. The number of carboxylic acid groups (broad SMARTS) is 1. The van der Waals surface area contributed by atoms with Crippen LogP contribution in [-0.2, 0) is 0 Å². The highest BCUT2D eigenvalue weighted by Crippen LogP contribution is 2.27. The Morgan fingerprint density at radius 1 is 1.46 bits per heavy atom. The van der Waals surface area contributed by atoms with Crippen LogP contribution in [0, 0.1) is 11.8 Å². The van der Waals surface area contributed by atoms with E-state index in [-0.39, 0.29) is 0 Å². The molecular formula is C9H18N2O2. The first-order valence-corrected chi connectivity index (χ1v) is 4.89. The summed E-state index contributed by atoms with van der Waals surface area (Å²) in [4.78, 5) is 10.3. The average molecular weight is 186 g/mol. The van der Waals surface area contributed by atoms with Gasteiger partial charge < -0.3 is 16.2 Å². The van der Waals surface area contributed by atoms with Crippen LogP contribution in [0.3, 0.4) is 0 Å². The summed E-state index contributed by atoms with van der Waals surface area (Å²) in [5.74, 6) is 1.10. The minimum absolute atomic E-state index is 0.499. The number of nitrogens with one attached hydrogen (secondary N) is 1. The van der Waals surface area contributed by atoms with Gasteiger partial charge in [0.1, 0.15) is 0 Å². The lowest BCUT2D eigenvalue weighted by Crippen LogP contribution is -2.32. The Morgan fingerprint density at radius 2 is 2.15 bits per heavy atom. The van der Waals surface area contributed by atoms with Gasteiger partial charge in [-0.2, -0.15) is 0 Å². The molecule has 2 atom stereocenters. The maximum absolute atomic E-state index is 10.3. The monoisotopic (exact) mass is 186 g/mol. The van der Waals surface area contributed by atoms with Crippen molar-refractivity contribution in [3.8, 4) is 0 Å². The molecule has 0 heterocycles. The van der Waals surface area contributed by atoms with Crippen molar-refractivity contribution in [1.82, 2.24) is 5.32 Å². The number of rotatable bonds is 3. The van der Waals surface area contributed by atoms with E-state index in [0.717, 1.165) is 19.4 Å². The Kier molecular flexibility index (Phi) is 4.02. The van der Waals surface area contributed by atoms with Crippen molar-refractivity contribution in [2.45, 2.75) is 25.7 Å². The lowest BCUT2D eigenvalue weighted by atomic mass is 9.81. The molecule has 76 valence electrons. The topological polar surface area (TPSA) is 75.3 Å². The van der Waals surface area contributed by atoms with E-state index in [2.05, 4.69) is 5.32 Å². The van der Waals surface area contributed by atoms with Gasteiger partial charge >= 0.3 is 6.09 Å². The van der Waals surface area contributed by atoms with Gasteiger partial charge in [0.2, 0.25) is 0 Å². The van der Waals surface area contributed by atoms with Crippen LogP contribution in [0.5, 0.6) is 0 Å². The average Bonchev–Trinajstić information content (AvgIpc) is 2.15. The van der Waals surface area contributed by atoms with Gasteiger partial charge in [0.15, 0.2) is 0 Å². The Hall–Kier alpha value is -0.770. The third-order valence-corrected chi connectivity index (χ3v) is 2.77. The van der Waals surface area contributed by atoms with Gasteiger partial charge in [-0.15, -0.1) is 0 Å². The van der Waals surface area contributed by atoms with Crippen LogP contribution in [0.15, 0.2) is 0 Å². The lowest BCUT2D eigenvalue weighted by molar-refractivity contribution is 0.187. The summed E-state index contributed by atoms with van der Waals surface area (Å²) in [5.41, 5.74) is 5.58. The fourth-order valence-corrected chi connectivity index (χ4v) is 2.03. The number of hydrogen-bond acceptors (Lipinski definition) is 2. The molecule has 0 unspecified atom stereocenters. The highest BCUT2D eigenvalue weighted by molar-refractivity contribution is 5.64. The summed E-state index contributed by atoms with van der Waals surface area (Å²) in [6, 6.07) is 0. The Morgan fingerprint density at radius 3 is 2.77 bits per heavy atom. The highest BCUT2D eigenvalue weighted by Gasteiger charge is 2.20. The molecule has 1 saturated carbocycles. The van der Waals surface area contributed by atoms with Gasteiger partial charge in [0.05, 0.1) is 0 Å². The number of hydrogen-bond donors (Lipinski definition) is 3. The standard InChI is InChI=1S/C9H18N2O2/c10-5-7-2-1-3-8(4-7)6-11-9(12)13/h7-8,11H,1-6,10H2,(H,12,13)/t7-,8-/m0/s1. The molecule has 4 nitrogen and oxygen atoms in total. The molecule has 1 aliphatic rings. The SMILES string of the molecule is NC[C@H]1CCC[C@H](CNC(=O)O)C1. The van der Waals surface area contributed by atoms with Crippen molar-refractivity contribution >= 4 is 6.09 Å². The molecule has 13 heavy (non-hydrogen) atoms. The normalized spacial score (nSPS) is 28.4. The molecule has 1 rings (SSSR count). The van der Waals surface area contributed by atoms with Gasteiger partial charge in [-0.05, 0) is 37.6 Å². The van der Waals surface area contributed by atoms with Gasteiger partial charge in [-0.3, -0.25) is 0 Å². The van der Waals surface area contributed by atoms with Crippen LogP contribution in [-0.4, -0.2) is 24.3 Å². The summed E-state index contributed by atoms with van der Waals surface area (Å²) >= 11 is 0. The second-order valence-electron chi connectivity index (χ2n) is 3.82. The maximum atomic E-state index is 10.3. The minimum Gasteiger partial charge on any atom is -0.465 e. The summed E-state index contributed by atoms with van der Waals surface area (Å²) in [6.07, 6.45) is 3.69. The number of amides is 1. The number of nitrogens with two attached hydrogens (primary N) is 1. The Labute approximate surface area is 78.5 Å². The van der Waals surface area contributed by atoms with Crippen molar-refractivity contribution in [3.63, 3.8) is 0 Å². The Bertz CT molecular complexity index is 173. The fraction of sp³-hybridized carbons (Fsp3) is 0.889. The van der Waals surface area contributed by atoms with Crippen LogP contribution in [0.2, 0.25) is 0 Å². The van der Waals surface area contributed by atoms with E-state index in [1.165, 1.54) is 12.8 Å². The van der Waals surface area contributed by atoms with Crippen molar-refractivity contribution in [3.05, 3.63) is 0 Å². The Balaban J connectivity index is 2.21. The first kappa shape index (κ1) is 10.3. The zero-order chi connectivity index (χ0) is 9.68. The third kappa shape index (κ3) is 3.63. The second-order valence-corrected chi connectivity index (χ2v) is 3.82. The molecule has 0 radical (unpaired) electrons. The predicted octanol–water partition coefficient (Wildman–Crippen LogP) is 1.02. The molecule has 1 amide bonds. The maximum Gasteiger partial charge on any atom is 0.404 e. The van der Waals surface area contributed by atoms with Crippen molar-refractivity contribution < 1.29 is 9.90 Å². The molecule has 0 spiro atoms. The van der Waals surface area contributed by atoms with E-state index >= 15 is 0 Å². The van der Waals surface area contributed by atoms with Gasteiger partial charge in [0, 0.05) is 6.54 Å². The molecule has 0 aliphatic heterocycles. The fourth-order valence-electron chi connectivity index (χ4n) is 2.03. The van der Waals surface area contributed by atoms with Crippen LogP contribution in [0.4, 0.5) is 4.79 Å². The number of carbonyl (C=O) groups is 1. The second kappa shape index (κ2) is 5.07. The smallest absolute Gasteiger partial charge is 0.404 e. The highest BCUT2D eigenvalue weighted by atomic mass is 16.4. The first-order chi connectivity index (χ1) is 6.22. The largest absolute Gasteiger partial charge is 0.465 e. The molecule has 0 aromatic heterocycles. The van der Waals surface area contributed by atoms with Gasteiger partial charge in [-0.25, -0.2) is 4.79 Å². The summed E-state index contributed by atoms with van der Waals surface area (Å²) < 4.78 is 0. The summed E-state index contributed by atoms with van der Waals surface area (Å²) in [7, 11) is 0. The van der Waals surface area contributed by atoms with E-state index < -0.39 is 6.09 Å². The molecule has 4 N–H and O–H groups in total. The minimum atomic E-state index is -0.921.